The van der Waals surface area contributed by atoms with Crippen molar-refractivity contribution in [2.45, 2.75) is 18.9 Å². The lowest BCUT2D eigenvalue weighted by Gasteiger charge is -2.31. The Morgan fingerprint density at radius 2 is 1.49 bits per heavy atom. The van der Waals surface area contributed by atoms with Crippen LogP contribution in [-0.4, -0.2) is 83.2 Å². The van der Waals surface area contributed by atoms with Crippen LogP contribution in [0.5, 0.6) is 5.75 Å². The molecule has 3 aromatic heterocycles. The predicted molar refractivity (Wildman–Crippen MR) is 182 cm³/mol. The molecule has 0 saturated carbocycles. The number of nitrogens with one attached hydrogen (secondary N) is 3. The van der Waals surface area contributed by atoms with E-state index in [4.69, 9.17) is 9.47 Å². The zero-order valence-corrected chi connectivity index (χ0v) is 27.2. The average Bonchev–Trinajstić information content (AvgIpc) is 3.65. The zero-order chi connectivity index (χ0) is 33.3. The molecule has 12 heteroatoms. The van der Waals surface area contributed by atoms with Gasteiger partial charge in [-0.3, -0.25) is 19.4 Å². The molecule has 1 saturated heterocycles. The number of hydrogen-bond donors (Lipinski definition) is 3. The standard InChI is InChI=1S/C35H41N7O5/c1-40-23-28(19-31(40)34(44)36-15-18-42-16-13-30(47-4)14-17-42)39-35(45)32-20-27(22-41(32)2)38-33(43)25-8-10-26(37-21-25)9-5-24-6-11-29(46-3)12-7-24/h5-12,19-23,30H,13-18H2,1-4H3,(H,36,44)(H,38,43)(H,39,45)/b9-5+. The molecule has 4 heterocycles. The first kappa shape index (κ1) is 33.2. The molecule has 3 amide bonds. The van der Waals surface area contributed by atoms with Crippen LogP contribution in [0.2, 0.25) is 0 Å². The number of nitrogens with zero attached hydrogens (tertiary/aromatic N) is 4. The number of carbonyl (C=O) groups is 3. The van der Waals surface area contributed by atoms with Crippen molar-refractivity contribution in [2.24, 2.45) is 14.1 Å². The van der Waals surface area contributed by atoms with E-state index in [1.165, 1.54) is 6.20 Å². The second-order valence-electron chi connectivity index (χ2n) is 11.5. The lowest BCUT2D eigenvalue weighted by molar-refractivity contribution is 0.0413. The second kappa shape index (κ2) is 15.4. The zero-order valence-electron chi connectivity index (χ0n) is 27.2. The molecule has 0 atom stereocenters. The van der Waals surface area contributed by atoms with Gasteiger partial charge in [0.1, 0.15) is 17.1 Å². The second-order valence-corrected chi connectivity index (χ2v) is 11.5. The largest absolute Gasteiger partial charge is 0.497 e. The van der Waals surface area contributed by atoms with Crippen LogP contribution in [0.4, 0.5) is 11.4 Å². The van der Waals surface area contributed by atoms with E-state index in [0.29, 0.717) is 46.7 Å². The van der Waals surface area contributed by atoms with Crippen LogP contribution in [0, 0.1) is 0 Å². The minimum atomic E-state index is -0.375. The fourth-order valence-electron chi connectivity index (χ4n) is 5.44. The molecule has 4 aromatic rings. The molecule has 0 bridgehead atoms. The Morgan fingerprint density at radius 3 is 2.09 bits per heavy atom. The third-order valence-corrected chi connectivity index (χ3v) is 8.18. The van der Waals surface area contributed by atoms with Crippen LogP contribution in [0.25, 0.3) is 12.2 Å². The molecule has 0 radical (unpaired) electrons. The Labute approximate surface area is 274 Å². The maximum atomic E-state index is 13.1. The molecular weight excluding hydrogens is 598 g/mol. The van der Waals surface area contributed by atoms with Gasteiger partial charge in [-0.2, -0.15) is 0 Å². The Morgan fingerprint density at radius 1 is 0.851 bits per heavy atom. The minimum Gasteiger partial charge on any atom is -0.497 e. The first-order valence-electron chi connectivity index (χ1n) is 15.5. The predicted octanol–water partition coefficient (Wildman–Crippen LogP) is 4.28. The van der Waals surface area contributed by atoms with Crippen LogP contribution >= 0.6 is 0 Å². The van der Waals surface area contributed by atoms with Gasteiger partial charge in [0.2, 0.25) is 0 Å². The van der Waals surface area contributed by atoms with Crippen molar-refractivity contribution in [3.63, 3.8) is 0 Å². The quantitative estimate of drug-likeness (QED) is 0.211. The lowest BCUT2D eigenvalue weighted by atomic mass is 10.1. The smallest absolute Gasteiger partial charge is 0.272 e. The first-order valence-corrected chi connectivity index (χ1v) is 15.5. The van der Waals surface area contributed by atoms with Gasteiger partial charge in [0.15, 0.2) is 0 Å². The summed E-state index contributed by atoms with van der Waals surface area (Å²) >= 11 is 0. The molecule has 5 rings (SSSR count). The summed E-state index contributed by atoms with van der Waals surface area (Å²) in [6.45, 7) is 3.21. The van der Waals surface area contributed by atoms with Gasteiger partial charge in [-0.15, -0.1) is 0 Å². The van der Waals surface area contributed by atoms with Gasteiger partial charge in [-0.05, 0) is 60.9 Å². The molecule has 246 valence electrons. The third-order valence-electron chi connectivity index (χ3n) is 8.18. The number of amides is 3. The minimum absolute atomic E-state index is 0.209. The summed E-state index contributed by atoms with van der Waals surface area (Å²) in [6, 6.07) is 14.3. The van der Waals surface area contributed by atoms with Crippen LogP contribution in [-0.2, 0) is 18.8 Å². The Kier molecular flexibility index (Phi) is 10.9. The van der Waals surface area contributed by atoms with Crippen molar-refractivity contribution in [1.82, 2.24) is 24.3 Å². The fraction of sp³-hybridized carbons (Fsp3) is 0.314. The number of aromatic nitrogens is 3. The Hall–Kier alpha value is -5.20. The lowest BCUT2D eigenvalue weighted by Crippen LogP contribution is -2.41. The van der Waals surface area contributed by atoms with Crippen molar-refractivity contribution < 1.29 is 23.9 Å². The molecule has 47 heavy (non-hydrogen) atoms. The number of hydrogen-bond acceptors (Lipinski definition) is 7. The number of rotatable bonds is 12. The normalized spacial score (nSPS) is 13.9. The van der Waals surface area contributed by atoms with Crippen LogP contribution in [0.3, 0.4) is 0 Å². The van der Waals surface area contributed by atoms with Gasteiger partial charge >= 0.3 is 0 Å². The van der Waals surface area contributed by atoms with Gasteiger partial charge in [0, 0.05) is 66.0 Å². The maximum Gasteiger partial charge on any atom is 0.272 e. The molecule has 12 nitrogen and oxygen atoms in total. The van der Waals surface area contributed by atoms with Gasteiger partial charge in [-0.25, -0.2) is 0 Å². The molecule has 0 aliphatic carbocycles. The van der Waals surface area contributed by atoms with Crippen molar-refractivity contribution in [1.29, 1.82) is 0 Å². The van der Waals surface area contributed by atoms with Crippen molar-refractivity contribution in [2.75, 3.05) is 51.0 Å². The summed E-state index contributed by atoms with van der Waals surface area (Å²) < 4.78 is 13.9. The summed E-state index contributed by atoms with van der Waals surface area (Å²) in [5.41, 5.74) is 3.81. The maximum absolute atomic E-state index is 13.1. The first-order chi connectivity index (χ1) is 22.7. The molecule has 1 aromatic carbocycles. The Bertz CT molecular complexity index is 1720. The van der Waals surface area contributed by atoms with Crippen molar-refractivity contribution in [3.8, 4) is 5.75 Å². The number of piperidine rings is 1. The molecule has 3 N–H and O–H groups in total. The van der Waals surface area contributed by atoms with E-state index in [1.54, 1.807) is 74.1 Å². The van der Waals surface area contributed by atoms with Crippen LogP contribution < -0.4 is 20.7 Å². The van der Waals surface area contributed by atoms with E-state index in [0.717, 1.165) is 43.8 Å². The van der Waals surface area contributed by atoms with E-state index in [9.17, 15) is 14.4 Å². The summed E-state index contributed by atoms with van der Waals surface area (Å²) in [4.78, 5) is 45.6. The van der Waals surface area contributed by atoms with Crippen molar-refractivity contribution in [3.05, 3.63) is 95.3 Å². The number of benzene rings is 1. The molecule has 1 aliphatic heterocycles. The summed E-state index contributed by atoms with van der Waals surface area (Å²) in [6.07, 6.45) is 11.0. The summed E-state index contributed by atoms with van der Waals surface area (Å²) in [7, 11) is 6.85. The van der Waals surface area contributed by atoms with E-state index in [2.05, 4.69) is 25.8 Å². The summed E-state index contributed by atoms with van der Waals surface area (Å²) in [5, 5.41) is 8.65. The molecular formula is C35H41N7O5. The van der Waals surface area contributed by atoms with Gasteiger partial charge in [0.05, 0.1) is 35.8 Å². The fourth-order valence-corrected chi connectivity index (χ4v) is 5.44. The van der Waals surface area contributed by atoms with Gasteiger partial charge in [0.25, 0.3) is 17.7 Å². The van der Waals surface area contributed by atoms with Gasteiger partial charge < -0.3 is 39.5 Å². The average molecular weight is 640 g/mol. The number of pyridine rings is 1. The number of anilines is 2. The molecule has 1 fully saturated rings. The number of likely N-dealkylation sites (tertiary alicyclic amines) is 1. The SMILES string of the molecule is COc1ccc(/C=C/c2ccc(C(=O)Nc3cc(C(=O)Nc4cc(C(=O)NCCN5CCC(OC)CC5)n(C)c4)n(C)c3)cn2)cc1. The molecule has 1 aliphatic rings. The molecule has 0 unspecified atom stereocenters. The Balaban J connectivity index is 1.12. The van der Waals surface area contributed by atoms with E-state index >= 15 is 0 Å². The number of carbonyl (C=O) groups excluding carboxylic acids is 3. The highest BCUT2D eigenvalue weighted by Gasteiger charge is 2.20. The highest BCUT2D eigenvalue weighted by molar-refractivity contribution is 6.07. The van der Waals surface area contributed by atoms with Crippen molar-refractivity contribution >= 4 is 41.2 Å². The highest BCUT2D eigenvalue weighted by Crippen LogP contribution is 2.19. The van der Waals surface area contributed by atoms with E-state index in [1.807, 2.05) is 36.4 Å². The monoisotopic (exact) mass is 639 g/mol. The van der Waals surface area contributed by atoms with Crippen LogP contribution in [0.1, 0.15) is 55.4 Å². The number of methoxy groups -OCH3 is 2. The van der Waals surface area contributed by atoms with Crippen LogP contribution in [0.15, 0.2) is 67.1 Å². The number of ether oxygens (including phenoxy) is 2. The van der Waals surface area contributed by atoms with Gasteiger partial charge in [-0.1, -0.05) is 18.2 Å². The topological polar surface area (TPSA) is 132 Å². The summed E-state index contributed by atoms with van der Waals surface area (Å²) in [5.74, 6) is -0.146. The highest BCUT2D eigenvalue weighted by atomic mass is 16.5. The molecule has 0 spiro atoms. The third kappa shape index (κ3) is 8.75. The van der Waals surface area contributed by atoms with E-state index < -0.39 is 0 Å². The number of aryl methyl sites for hydroxylation is 2. The van der Waals surface area contributed by atoms with E-state index in [-0.39, 0.29) is 17.7 Å².